The van der Waals surface area contributed by atoms with Crippen molar-refractivity contribution in [2.75, 3.05) is 6.54 Å². The van der Waals surface area contributed by atoms with Crippen molar-refractivity contribution in [3.8, 4) is 5.75 Å². The molecule has 0 aliphatic rings. The van der Waals surface area contributed by atoms with Gasteiger partial charge in [-0.05, 0) is 17.7 Å². The molecule has 4 nitrogen and oxygen atoms in total. The van der Waals surface area contributed by atoms with Gasteiger partial charge in [-0.15, -0.1) is 6.58 Å². The first-order chi connectivity index (χ1) is 8.54. The summed E-state index contributed by atoms with van der Waals surface area (Å²) in [5.41, 5.74) is 0.450. The first kappa shape index (κ1) is 14.1. The van der Waals surface area contributed by atoms with Crippen LogP contribution in [0, 0.1) is 0 Å². The van der Waals surface area contributed by atoms with E-state index in [1.54, 1.807) is 0 Å². The number of carbonyl (C=O) groups is 1. The number of alkyl halides is 2. The van der Waals surface area contributed by atoms with Gasteiger partial charge in [-0.25, -0.2) is 0 Å². The van der Waals surface area contributed by atoms with E-state index in [2.05, 4.69) is 16.6 Å². The van der Waals surface area contributed by atoms with Gasteiger partial charge in [0.25, 0.3) is 0 Å². The Bertz CT molecular complexity index is 406. The van der Waals surface area contributed by atoms with E-state index in [4.69, 9.17) is 5.11 Å². The van der Waals surface area contributed by atoms with Gasteiger partial charge in [0, 0.05) is 6.54 Å². The molecule has 0 bridgehead atoms. The van der Waals surface area contributed by atoms with Crippen LogP contribution in [0.1, 0.15) is 11.6 Å². The Morgan fingerprint density at radius 1 is 1.44 bits per heavy atom. The summed E-state index contributed by atoms with van der Waals surface area (Å²) in [4.78, 5) is 11.0. The molecule has 0 aromatic heterocycles. The number of carboxylic acids is 1. The molecule has 2 N–H and O–H groups in total. The van der Waals surface area contributed by atoms with Crippen molar-refractivity contribution in [1.82, 2.24) is 5.32 Å². The maximum Gasteiger partial charge on any atom is 0.387 e. The molecule has 1 rings (SSSR count). The maximum atomic E-state index is 11.9. The van der Waals surface area contributed by atoms with Crippen LogP contribution in [-0.2, 0) is 4.79 Å². The van der Waals surface area contributed by atoms with Crippen LogP contribution >= 0.6 is 0 Å². The third-order valence-corrected chi connectivity index (χ3v) is 2.15. The Morgan fingerprint density at radius 2 is 2.06 bits per heavy atom. The zero-order chi connectivity index (χ0) is 13.5. The number of rotatable bonds is 7. The van der Waals surface area contributed by atoms with Gasteiger partial charge in [0.1, 0.15) is 11.8 Å². The molecule has 0 amide bonds. The molecule has 0 spiro atoms. The molecule has 1 atom stereocenters. The van der Waals surface area contributed by atoms with Gasteiger partial charge < -0.3 is 9.84 Å². The molecule has 0 saturated carbocycles. The Hall–Kier alpha value is -1.95. The lowest BCUT2D eigenvalue weighted by Gasteiger charge is -2.14. The van der Waals surface area contributed by atoms with Crippen molar-refractivity contribution in [2.45, 2.75) is 12.7 Å². The predicted octanol–water partition coefficient (Wildman–Crippen LogP) is 2.19. The van der Waals surface area contributed by atoms with Crippen LogP contribution in [0.4, 0.5) is 8.78 Å². The number of halogens is 2. The van der Waals surface area contributed by atoms with Crippen LogP contribution in [0.2, 0.25) is 0 Å². The highest BCUT2D eigenvalue weighted by Gasteiger charge is 2.18. The maximum absolute atomic E-state index is 11.9. The lowest BCUT2D eigenvalue weighted by Crippen LogP contribution is -2.28. The molecule has 0 heterocycles. The fraction of sp³-hybridized carbons (Fsp3) is 0.250. The molecule has 0 saturated heterocycles. The minimum absolute atomic E-state index is 0.0124. The minimum atomic E-state index is -2.90. The van der Waals surface area contributed by atoms with E-state index in [0.717, 1.165) is 0 Å². The SMILES string of the molecule is C=CCNC(C(=O)O)c1ccc(OC(F)F)cc1. The summed E-state index contributed by atoms with van der Waals surface area (Å²) in [6.45, 7) is 0.901. The van der Waals surface area contributed by atoms with Crippen LogP contribution in [0.15, 0.2) is 36.9 Å². The Morgan fingerprint density at radius 3 is 2.50 bits per heavy atom. The van der Waals surface area contributed by atoms with E-state index in [1.807, 2.05) is 0 Å². The molecular formula is C12H13F2NO3. The van der Waals surface area contributed by atoms with Crippen molar-refractivity contribution in [2.24, 2.45) is 0 Å². The molecule has 18 heavy (non-hydrogen) atoms. The second kappa shape index (κ2) is 6.70. The zero-order valence-electron chi connectivity index (χ0n) is 9.48. The number of benzene rings is 1. The zero-order valence-corrected chi connectivity index (χ0v) is 9.48. The van der Waals surface area contributed by atoms with Gasteiger partial charge >= 0.3 is 12.6 Å². The monoisotopic (exact) mass is 257 g/mol. The highest BCUT2D eigenvalue weighted by atomic mass is 19.3. The highest BCUT2D eigenvalue weighted by molar-refractivity contribution is 5.75. The average Bonchev–Trinajstić information content (AvgIpc) is 2.30. The first-order valence-electron chi connectivity index (χ1n) is 5.16. The predicted molar refractivity (Wildman–Crippen MR) is 61.7 cm³/mol. The van der Waals surface area contributed by atoms with Crippen LogP contribution in [-0.4, -0.2) is 24.2 Å². The van der Waals surface area contributed by atoms with E-state index in [1.165, 1.54) is 30.3 Å². The van der Waals surface area contributed by atoms with Gasteiger partial charge in [0.2, 0.25) is 0 Å². The second-order valence-corrected chi connectivity index (χ2v) is 3.42. The van der Waals surface area contributed by atoms with Crippen LogP contribution in [0.3, 0.4) is 0 Å². The standard InChI is InChI=1S/C12H13F2NO3/c1-2-7-15-10(11(16)17)8-3-5-9(6-4-8)18-12(13)14/h2-6,10,12,15H,1,7H2,(H,16,17). The van der Waals surface area contributed by atoms with Crippen molar-refractivity contribution in [1.29, 1.82) is 0 Å². The summed E-state index contributed by atoms with van der Waals surface area (Å²) in [6.07, 6.45) is 1.53. The number of hydrogen-bond donors (Lipinski definition) is 2. The quantitative estimate of drug-likeness (QED) is 0.735. The topological polar surface area (TPSA) is 58.6 Å². The van der Waals surface area contributed by atoms with Gasteiger partial charge in [-0.1, -0.05) is 18.2 Å². The fourth-order valence-corrected chi connectivity index (χ4v) is 1.39. The molecule has 0 fully saturated rings. The van der Waals surface area contributed by atoms with E-state index in [0.29, 0.717) is 12.1 Å². The average molecular weight is 257 g/mol. The molecule has 0 aliphatic heterocycles. The van der Waals surface area contributed by atoms with Gasteiger partial charge in [-0.2, -0.15) is 8.78 Å². The largest absolute Gasteiger partial charge is 0.480 e. The van der Waals surface area contributed by atoms with E-state index in [9.17, 15) is 13.6 Å². The minimum Gasteiger partial charge on any atom is -0.480 e. The van der Waals surface area contributed by atoms with Gasteiger partial charge in [0.05, 0.1) is 0 Å². The number of carboxylic acid groups (broad SMARTS) is 1. The van der Waals surface area contributed by atoms with Gasteiger partial charge in [0.15, 0.2) is 0 Å². The second-order valence-electron chi connectivity index (χ2n) is 3.42. The van der Waals surface area contributed by atoms with Crippen molar-refractivity contribution in [3.05, 3.63) is 42.5 Å². The summed E-state index contributed by atoms with van der Waals surface area (Å²) in [5.74, 6) is -1.07. The molecule has 98 valence electrons. The first-order valence-corrected chi connectivity index (χ1v) is 5.16. The molecule has 6 heteroatoms. The number of ether oxygens (including phenoxy) is 1. The van der Waals surface area contributed by atoms with Crippen molar-refractivity contribution in [3.63, 3.8) is 0 Å². The summed E-state index contributed by atoms with van der Waals surface area (Å²) in [6, 6.07) is 4.53. The Balaban J connectivity index is 2.79. The van der Waals surface area contributed by atoms with E-state index < -0.39 is 18.6 Å². The fourth-order valence-electron chi connectivity index (χ4n) is 1.39. The lowest BCUT2D eigenvalue weighted by molar-refractivity contribution is -0.139. The van der Waals surface area contributed by atoms with E-state index in [-0.39, 0.29) is 5.75 Å². The molecule has 1 aromatic rings. The summed E-state index contributed by atoms with van der Waals surface area (Å²) in [7, 11) is 0. The van der Waals surface area contributed by atoms with Crippen LogP contribution in [0.25, 0.3) is 0 Å². The molecule has 1 unspecified atom stereocenters. The normalized spacial score (nSPS) is 12.2. The Kier molecular flexibility index (Phi) is 5.26. The van der Waals surface area contributed by atoms with Gasteiger partial charge in [-0.3, -0.25) is 10.1 Å². The summed E-state index contributed by atoms with van der Waals surface area (Å²) < 4.78 is 28.0. The molecular weight excluding hydrogens is 244 g/mol. The lowest BCUT2D eigenvalue weighted by atomic mass is 10.1. The van der Waals surface area contributed by atoms with Crippen molar-refractivity contribution < 1.29 is 23.4 Å². The summed E-state index contributed by atoms with van der Waals surface area (Å²) >= 11 is 0. The smallest absolute Gasteiger partial charge is 0.387 e. The molecule has 0 aliphatic carbocycles. The van der Waals surface area contributed by atoms with Crippen molar-refractivity contribution >= 4 is 5.97 Å². The molecule has 1 aromatic carbocycles. The molecule has 0 radical (unpaired) electrons. The van der Waals surface area contributed by atoms with Crippen LogP contribution in [0.5, 0.6) is 5.75 Å². The number of aliphatic carboxylic acids is 1. The van der Waals surface area contributed by atoms with E-state index >= 15 is 0 Å². The number of hydrogen-bond acceptors (Lipinski definition) is 3. The Labute approximate surface area is 103 Å². The third kappa shape index (κ3) is 4.14. The number of nitrogens with one attached hydrogen (secondary N) is 1. The summed E-state index contributed by atoms with van der Waals surface area (Å²) in [5, 5.41) is 11.8. The van der Waals surface area contributed by atoms with Crippen LogP contribution < -0.4 is 10.1 Å². The third-order valence-electron chi connectivity index (χ3n) is 2.15. The highest BCUT2D eigenvalue weighted by Crippen LogP contribution is 2.19.